The van der Waals surface area contributed by atoms with Crippen LogP contribution in [0, 0.1) is 0 Å². The van der Waals surface area contributed by atoms with Gasteiger partial charge in [-0.15, -0.1) is 0 Å². The number of nitrogens with zero attached hydrogens (tertiary/aromatic N) is 3. The Balaban J connectivity index is 2.60. The van der Waals surface area contributed by atoms with Gasteiger partial charge in [-0.25, -0.2) is 0 Å². The SMILES string of the molecule is CCCCN(CCN)Cc1cc(CC)nn1C. The Kier molecular flexibility index (Phi) is 6.22. The molecule has 0 unspecified atom stereocenters. The molecule has 0 amide bonds. The first-order chi connectivity index (χ1) is 8.21. The summed E-state index contributed by atoms with van der Waals surface area (Å²) in [4.78, 5) is 2.42. The molecule has 4 nitrogen and oxygen atoms in total. The van der Waals surface area contributed by atoms with Gasteiger partial charge < -0.3 is 5.73 Å². The Hall–Kier alpha value is -0.870. The summed E-state index contributed by atoms with van der Waals surface area (Å²) >= 11 is 0. The largest absolute Gasteiger partial charge is 0.329 e. The lowest BCUT2D eigenvalue weighted by molar-refractivity contribution is 0.261. The summed E-state index contributed by atoms with van der Waals surface area (Å²) in [6.07, 6.45) is 3.46. The quantitative estimate of drug-likeness (QED) is 0.747. The highest BCUT2D eigenvalue weighted by atomic mass is 15.3. The van der Waals surface area contributed by atoms with Gasteiger partial charge in [-0.05, 0) is 25.5 Å². The van der Waals surface area contributed by atoms with E-state index >= 15 is 0 Å². The second-order valence-corrected chi connectivity index (χ2v) is 4.52. The molecular weight excluding hydrogens is 212 g/mol. The van der Waals surface area contributed by atoms with Crippen LogP contribution in [0.3, 0.4) is 0 Å². The molecule has 0 bridgehead atoms. The highest BCUT2D eigenvalue weighted by molar-refractivity contribution is 5.10. The molecule has 1 rings (SSSR count). The van der Waals surface area contributed by atoms with Gasteiger partial charge >= 0.3 is 0 Å². The van der Waals surface area contributed by atoms with E-state index in [2.05, 4.69) is 29.9 Å². The monoisotopic (exact) mass is 238 g/mol. The summed E-state index contributed by atoms with van der Waals surface area (Å²) in [5, 5.41) is 4.48. The minimum absolute atomic E-state index is 0.724. The fourth-order valence-corrected chi connectivity index (χ4v) is 1.96. The molecule has 0 fully saturated rings. The van der Waals surface area contributed by atoms with Gasteiger partial charge in [0.2, 0.25) is 0 Å². The minimum Gasteiger partial charge on any atom is -0.329 e. The van der Waals surface area contributed by atoms with Crippen LogP contribution in [-0.4, -0.2) is 34.3 Å². The van der Waals surface area contributed by atoms with E-state index < -0.39 is 0 Å². The van der Waals surface area contributed by atoms with E-state index in [9.17, 15) is 0 Å². The maximum atomic E-state index is 5.66. The topological polar surface area (TPSA) is 47.1 Å². The molecule has 0 aliphatic heterocycles. The second kappa shape index (κ2) is 7.45. The predicted molar refractivity (Wildman–Crippen MR) is 71.8 cm³/mol. The summed E-state index contributed by atoms with van der Waals surface area (Å²) in [6.45, 7) is 8.14. The molecule has 0 atom stereocenters. The van der Waals surface area contributed by atoms with Crippen molar-refractivity contribution >= 4 is 0 Å². The van der Waals surface area contributed by atoms with E-state index in [-0.39, 0.29) is 0 Å². The fraction of sp³-hybridized carbons (Fsp3) is 0.769. The summed E-state index contributed by atoms with van der Waals surface area (Å²) in [5.41, 5.74) is 8.12. The Morgan fingerprint density at radius 3 is 2.65 bits per heavy atom. The molecule has 0 radical (unpaired) electrons. The highest BCUT2D eigenvalue weighted by Crippen LogP contribution is 2.08. The molecule has 0 saturated heterocycles. The van der Waals surface area contributed by atoms with Gasteiger partial charge in [0.15, 0.2) is 0 Å². The summed E-state index contributed by atoms with van der Waals surface area (Å²) in [5.74, 6) is 0. The Labute approximate surface area is 105 Å². The number of aryl methyl sites for hydroxylation is 2. The van der Waals surface area contributed by atoms with Crippen molar-refractivity contribution in [2.45, 2.75) is 39.7 Å². The van der Waals surface area contributed by atoms with Crippen molar-refractivity contribution in [3.05, 3.63) is 17.5 Å². The summed E-state index contributed by atoms with van der Waals surface area (Å²) in [6, 6.07) is 2.20. The second-order valence-electron chi connectivity index (χ2n) is 4.52. The molecule has 0 saturated carbocycles. The van der Waals surface area contributed by atoms with Gasteiger partial charge in [-0.3, -0.25) is 9.58 Å². The number of hydrogen-bond acceptors (Lipinski definition) is 3. The molecule has 2 N–H and O–H groups in total. The molecule has 1 aromatic heterocycles. The zero-order valence-corrected chi connectivity index (χ0v) is 11.4. The van der Waals surface area contributed by atoms with E-state index in [0.717, 1.165) is 32.6 Å². The summed E-state index contributed by atoms with van der Waals surface area (Å²) < 4.78 is 1.99. The van der Waals surface area contributed by atoms with E-state index in [1.54, 1.807) is 0 Å². The number of hydrogen-bond donors (Lipinski definition) is 1. The van der Waals surface area contributed by atoms with Crippen LogP contribution in [0.2, 0.25) is 0 Å². The van der Waals surface area contributed by atoms with Crippen molar-refractivity contribution in [3.63, 3.8) is 0 Å². The maximum absolute atomic E-state index is 5.66. The van der Waals surface area contributed by atoms with Crippen molar-refractivity contribution in [2.24, 2.45) is 12.8 Å². The first-order valence-electron chi connectivity index (χ1n) is 6.65. The molecule has 0 aromatic carbocycles. The first-order valence-corrected chi connectivity index (χ1v) is 6.65. The number of unbranched alkanes of at least 4 members (excludes halogenated alkanes) is 1. The molecule has 0 aliphatic carbocycles. The van der Waals surface area contributed by atoms with Crippen molar-refractivity contribution in [3.8, 4) is 0 Å². The third-order valence-electron chi connectivity index (χ3n) is 3.05. The Morgan fingerprint density at radius 1 is 1.35 bits per heavy atom. The van der Waals surface area contributed by atoms with Crippen molar-refractivity contribution in [1.29, 1.82) is 0 Å². The standard InChI is InChI=1S/C13H26N4/c1-4-6-8-17(9-7-14)11-13-10-12(5-2)15-16(13)3/h10H,4-9,11,14H2,1-3H3. The third-order valence-corrected chi connectivity index (χ3v) is 3.05. The van der Waals surface area contributed by atoms with Gasteiger partial charge in [0.25, 0.3) is 0 Å². The van der Waals surface area contributed by atoms with Crippen LogP contribution in [0.15, 0.2) is 6.07 Å². The van der Waals surface area contributed by atoms with Gasteiger partial charge in [0.05, 0.1) is 11.4 Å². The van der Waals surface area contributed by atoms with Gasteiger partial charge in [-0.1, -0.05) is 20.3 Å². The van der Waals surface area contributed by atoms with E-state index in [1.165, 1.54) is 24.2 Å². The lowest BCUT2D eigenvalue weighted by Gasteiger charge is -2.21. The smallest absolute Gasteiger partial charge is 0.0625 e. The van der Waals surface area contributed by atoms with Gasteiger partial charge in [-0.2, -0.15) is 5.10 Å². The lowest BCUT2D eigenvalue weighted by Crippen LogP contribution is -2.30. The minimum atomic E-state index is 0.724. The highest BCUT2D eigenvalue weighted by Gasteiger charge is 2.09. The van der Waals surface area contributed by atoms with Crippen LogP contribution in [0.4, 0.5) is 0 Å². The molecule has 4 heteroatoms. The Morgan fingerprint density at radius 2 is 2.12 bits per heavy atom. The molecule has 98 valence electrons. The average Bonchev–Trinajstić information content (AvgIpc) is 2.67. The molecule has 1 aromatic rings. The van der Waals surface area contributed by atoms with Crippen molar-refractivity contribution < 1.29 is 0 Å². The van der Waals surface area contributed by atoms with Crippen LogP contribution in [0.5, 0.6) is 0 Å². The zero-order valence-electron chi connectivity index (χ0n) is 11.4. The van der Waals surface area contributed by atoms with Crippen LogP contribution in [-0.2, 0) is 20.0 Å². The van der Waals surface area contributed by atoms with Gasteiger partial charge in [0.1, 0.15) is 0 Å². The average molecular weight is 238 g/mol. The van der Waals surface area contributed by atoms with Crippen molar-refractivity contribution in [1.82, 2.24) is 14.7 Å². The van der Waals surface area contributed by atoms with Crippen LogP contribution in [0.1, 0.15) is 38.1 Å². The molecule has 1 heterocycles. The van der Waals surface area contributed by atoms with Crippen LogP contribution in [0.25, 0.3) is 0 Å². The zero-order chi connectivity index (χ0) is 12.7. The summed E-state index contributed by atoms with van der Waals surface area (Å²) in [7, 11) is 2.02. The molecule has 0 aliphatic rings. The van der Waals surface area contributed by atoms with Crippen molar-refractivity contribution in [2.75, 3.05) is 19.6 Å². The van der Waals surface area contributed by atoms with E-state index in [4.69, 9.17) is 5.73 Å². The molecule has 17 heavy (non-hydrogen) atoms. The molecule has 0 spiro atoms. The first kappa shape index (κ1) is 14.2. The van der Waals surface area contributed by atoms with Crippen LogP contribution >= 0.6 is 0 Å². The third kappa shape index (κ3) is 4.48. The number of rotatable bonds is 8. The lowest BCUT2D eigenvalue weighted by atomic mass is 10.2. The normalized spacial score (nSPS) is 11.4. The van der Waals surface area contributed by atoms with Gasteiger partial charge in [0, 0.05) is 26.7 Å². The maximum Gasteiger partial charge on any atom is 0.0625 e. The van der Waals surface area contributed by atoms with E-state index in [1.807, 2.05) is 11.7 Å². The fourth-order valence-electron chi connectivity index (χ4n) is 1.96. The predicted octanol–water partition coefficient (Wildman–Crippen LogP) is 1.54. The Bertz CT molecular complexity index is 319. The number of nitrogens with two attached hydrogens (primary N) is 1. The van der Waals surface area contributed by atoms with Crippen LogP contribution < -0.4 is 5.73 Å². The van der Waals surface area contributed by atoms with E-state index in [0.29, 0.717) is 0 Å². The molecular formula is C13H26N4. The number of aromatic nitrogens is 2.